The molecule has 4 heteroatoms. The van der Waals surface area contributed by atoms with E-state index in [1.54, 1.807) is 12.1 Å². The zero-order chi connectivity index (χ0) is 14.0. The Balaban J connectivity index is 2.74. The minimum Gasteiger partial charge on any atom is -0.477 e. The Kier molecular flexibility index (Phi) is 3.69. The zero-order valence-electron chi connectivity index (χ0n) is 11.1. The van der Waals surface area contributed by atoms with Gasteiger partial charge in [0, 0.05) is 11.9 Å². The smallest absolute Gasteiger partial charge is 0.352 e. The third-order valence-electron chi connectivity index (χ3n) is 3.22. The lowest BCUT2D eigenvalue weighted by molar-refractivity contribution is 0.0683. The highest BCUT2D eigenvalue weighted by Crippen LogP contribution is 2.15. The molecule has 4 nitrogen and oxygen atoms in total. The fraction of sp³-hybridized carbons (Fsp3) is 0.333. The number of carboxylic acids is 1. The molecular weight excluding hydrogens is 242 g/mol. The summed E-state index contributed by atoms with van der Waals surface area (Å²) in [5.74, 6) is -1.06. The summed E-state index contributed by atoms with van der Waals surface area (Å²) in [5, 5.41) is 10.5. The van der Waals surface area contributed by atoms with Gasteiger partial charge in [0.1, 0.15) is 5.69 Å². The van der Waals surface area contributed by atoms with Gasteiger partial charge < -0.3 is 9.67 Å². The summed E-state index contributed by atoms with van der Waals surface area (Å²) in [5.41, 5.74) is 0.856. The van der Waals surface area contributed by atoms with Gasteiger partial charge in [-0.1, -0.05) is 31.0 Å². The fourth-order valence-corrected chi connectivity index (χ4v) is 2.19. The number of aromatic carboxylic acids is 1. The van der Waals surface area contributed by atoms with E-state index < -0.39 is 5.97 Å². The van der Waals surface area contributed by atoms with Crippen LogP contribution in [0.5, 0.6) is 0 Å². The summed E-state index contributed by atoms with van der Waals surface area (Å²) >= 11 is 0. The molecule has 1 aromatic carbocycles. The molecule has 1 heterocycles. The number of rotatable bonds is 4. The molecule has 0 saturated heterocycles. The molecule has 0 radical (unpaired) electrons. The van der Waals surface area contributed by atoms with Crippen LogP contribution in [0.1, 0.15) is 35.8 Å². The van der Waals surface area contributed by atoms with Crippen molar-refractivity contribution in [3.8, 4) is 0 Å². The van der Waals surface area contributed by atoms with E-state index in [4.69, 9.17) is 0 Å². The van der Waals surface area contributed by atoms with Crippen molar-refractivity contribution in [2.75, 3.05) is 0 Å². The number of fused-ring (bicyclic) bond motifs is 1. The van der Waals surface area contributed by atoms with Crippen molar-refractivity contribution in [3.63, 3.8) is 0 Å². The molecule has 19 heavy (non-hydrogen) atoms. The number of hydrogen-bond acceptors (Lipinski definition) is 2. The standard InChI is InChI=1S/C15H17NO3/c1-3-4-7-16-13(15(18)19)9-11-8-10(2)5-6-12(11)14(16)17/h5-6,8-9H,3-4,7H2,1-2H3,(H,18,19). The van der Waals surface area contributed by atoms with Gasteiger partial charge in [0.2, 0.25) is 0 Å². The Morgan fingerprint density at radius 2 is 2.05 bits per heavy atom. The summed E-state index contributed by atoms with van der Waals surface area (Å²) in [6.07, 6.45) is 1.70. The molecule has 0 aliphatic rings. The van der Waals surface area contributed by atoms with Gasteiger partial charge in [-0.15, -0.1) is 0 Å². The SMILES string of the molecule is CCCCn1c(C(=O)O)cc2cc(C)ccc2c1=O. The molecule has 0 atom stereocenters. The van der Waals surface area contributed by atoms with Crippen LogP contribution < -0.4 is 5.56 Å². The number of carbonyl (C=O) groups is 1. The first kappa shape index (κ1) is 13.3. The van der Waals surface area contributed by atoms with Gasteiger partial charge in [-0.25, -0.2) is 4.79 Å². The van der Waals surface area contributed by atoms with Crippen molar-refractivity contribution in [3.05, 3.63) is 45.9 Å². The van der Waals surface area contributed by atoms with E-state index in [-0.39, 0.29) is 11.3 Å². The fourth-order valence-electron chi connectivity index (χ4n) is 2.19. The lowest BCUT2D eigenvalue weighted by Crippen LogP contribution is -2.26. The van der Waals surface area contributed by atoms with Crippen LogP contribution in [0, 0.1) is 6.92 Å². The highest BCUT2D eigenvalue weighted by molar-refractivity contribution is 5.92. The van der Waals surface area contributed by atoms with Crippen LogP contribution in [0.25, 0.3) is 10.8 Å². The highest BCUT2D eigenvalue weighted by atomic mass is 16.4. The number of pyridine rings is 1. The maximum Gasteiger partial charge on any atom is 0.352 e. The van der Waals surface area contributed by atoms with E-state index in [1.807, 2.05) is 26.0 Å². The van der Waals surface area contributed by atoms with Gasteiger partial charge in [-0.05, 0) is 30.9 Å². The Labute approximate surface area is 111 Å². The van der Waals surface area contributed by atoms with Crippen molar-refractivity contribution >= 4 is 16.7 Å². The second kappa shape index (κ2) is 5.26. The Bertz CT molecular complexity index is 686. The third-order valence-corrected chi connectivity index (χ3v) is 3.22. The third kappa shape index (κ3) is 2.52. The van der Waals surface area contributed by atoms with Crippen molar-refractivity contribution in [1.82, 2.24) is 4.57 Å². The number of aryl methyl sites for hydroxylation is 1. The molecule has 1 aromatic heterocycles. The van der Waals surface area contributed by atoms with Crippen LogP contribution in [-0.4, -0.2) is 15.6 Å². The van der Waals surface area contributed by atoms with E-state index in [9.17, 15) is 14.7 Å². The lowest BCUT2D eigenvalue weighted by Gasteiger charge is -2.11. The molecule has 0 fully saturated rings. The molecule has 0 saturated carbocycles. The minimum absolute atomic E-state index is 0.0663. The van der Waals surface area contributed by atoms with E-state index in [2.05, 4.69) is 0 Å². The maximum absolute atomic E-state index is 12.4. The van der Waals surface area contributed by atoms with Crippen molar-refractivity contribution < 1.29 is 9.90 Å². The monoisotopic (exact) mass is 259 g/mol. The molecule has 0 amide bonds. The highest BCUT2D eigenvalue weighted by Gasteiger charge is 2.14. The number of carboxylic acid groups (broad SMARTS) is 1. The average molecular weight is 259 g/mol. The van der Waals surface area contributed by atoms with Gasteiger partial charge in [-0.2, -0.15) is 0 Å². The molecule has 100 valence electrons. The number of hydrogen-bond donors (Lipinski definition) is 1. The summed E-state index contributed by atoms with van der Waals surface area (Å²) in [6, 6.07) is 7.06. The summed E-state index contributed by atoms with van der Waals surface area (Å²) in [7, 11) is 0. The van der Waals surface area contributed by atoms with Crippen LogP contribution in [0.4, 0.5) is 0 Å². The van der Waals surface area contributed by atoms with E-state index >= 15 is 0 Å². The summed E-state index contributed by atoms with van der Waals surface area (Å²) in [6.45, 7) is 4.37. The molecular formula is C15H17NO3. The van der Waals surface area contributed by atoms with Crippen LogP contribution in [-0.2, 0) is 6.54 Å². The number of unbranched alkanes of at least 4 members (excludes halogenated alkanes) is 1. The molecule has 2 rings (SSSR count). The number of benzene rings is 1. The van der Waals surface area contributed by atoms with E-state index in [1.165, 1.54) is 4.57 Å². The van der Waals surface area contributed by atoms with Crippen LogP contribution in [0.15, 0.2) is 29.1 Å². The van der Waals surface area contributed by atoms with Crippen LogP contribution in [0.2, 0.25) is 0 Å². The van der Waals surface area contributed by atoms with Crippen LogP contribution in [0.3, 0.4) is 0 Å². The second-order valence-corrected chi connectivity index (χ2v) is 4.74. The molecule has 0 bridgehead atoms. The van der Waals surface area contributed by atoms with E-state index in [0.29, 0.717) is 17.3 Å². The summed E-state index contributed by atoms with van der Waals surface area (Å²) in [4.78, 5) is 23.7. The largest absolute Gasteiger partial charge is 0.477 e. The average Bonchev–Trinajstić information content (AvgIpc) is 2.37. The maximum atomic E-state index is 12.4. The Hall–Kier alpha value is -2.10. The van der Waals surface area contributed by atoms with Crippen LogP contribution >= 0.6 is 0 Å². The predicted molar refractivity (Wildman–Crippen MR) is 74.8 cm³/mol. The topological polar surface area (TPSA) is 59.3 Å². The first-order valence-electron chi connectivity index (χ1n) is 6.42. The number of nitrogens with zero attached hydrogens (tertiary/aromatic N) is 1. The predicted octanol–water partition coefficient (Wildman–Crippen LogP) is 2.81. The Morgan fingerprint density at radius 3 is 2.68 bits per heavy atom. The molecule has 0 spiro atoms. The summed E-state index contributed by atoms with van der Waals surface area (Å²) < 4.78 is 1.36. The first-order valence-corrected chi connectivity index (χ1v) is 6.42. The molecule has 0 unspecified atom stereocenters. The lowest BCUT2D eigenvalue weighted by atomic mass is 10.1. The second-order valence-electron chi connectivity index (χ2n) is 4.74. The molecule has 0 aliphatic carbocycles. The van der Waals surface area contributed by atoms with Crippen molar-refractivity contribution in [1.29, 1.82) is 0 Å². The van der Waals surface area contributed by atoms with Gasteiger partial charge in [0.05, 0.1) is 0 Å². The van der Waals surface area contributed by atoms with Gasteiger partial charge in [0.25, 0.3) is 5.56 Å². The van der Waals surface area contributed by atoms with Gasteiger partial charge in [-0.3, -0.25) is 4.79 Å². The van der Waals surface area contributed by atoms with Crippen molar-refractivity contribution in [2.45, 2.75) is 33.2 Å². The minimum atomic E-state index is -1.06. The number of aromatic nitrogens is 1. The molecule has 1 N–H and O–H groups in total. The molecule has 2 aromatic rings. The van der Waals surface area contributed by atoms with Gasteiger partial charge in [0.15, 0.2) is 0 Å². The van der Waals surface area contributed by atoms with E-state index in [0.717, 1.165) is 18.4 Å². The quantitative estimate of drug-likeness (QED) is 0.918. The first-order chi connectivity index (χ1) is 9.04. The Morgan fingerprint density at radius 1 is 1.32 bits per heavy atom. The van der Waals surface area contributed by atoms with Crippen molar-refractivity contribution in [2.24, 2.45) is 0 Å². The van der Waals surface area contributed by atoms with Gasteiger partial charge >= 0.3 is 5.97 Å². The zero-order valence-corrected chi connectivity index (χ0v) is 11.1. The molecule has 0 aliphatic heterocycles. The normalized spacial score (nSPS) is 10.8.